The van der Waals surface area contributed by atoms with Gasteiger partial charge in [-0.2, -0.15) is 4.37 Å². The Labute approximate surface area is 226 Å². The van der Waals surface area contributed by atoms with E-state index >= 15 is 0 Å². The van der Waals surface area contributed by atoms with Crippen LogP contribution >= 0.6 is 34.7 Å². The highest BCUT2D eigenvalue weighted by atomic mass is 35.5. The summed E-state index contributed by atoms with van der Waals surface area (Å²) < 4.78 is 21.4. The number of benzene rings is 3. The molecule has 37 heavy (non-hydrogen) atoms. The number of nitrogens with zero attached hydrogens (tertiary/aromatic N) is 2. The molecule has 3 aromatic carbocycles. The quantitative estimate of drug-likeness (QED) is 0.201. The average Bonchev–Trinajstić information content (AvgIpc) is 3.46. The molecule has 2 aromatic heterocycles. The normalized spacial score (nSPS) is 11.3. The fraction of sp³-hybridized carbons (Fsp3) is 0.148. The zero-order valence-electron chi connectivity index (χ0n) is 19.7. The number of halogens is 2. The van der Waals surface area contributed by atoms with E-state index in [0.29, 0.717) is 38.2 Å². The first kappa shape index (κ1) is 25.1. The van der Waals surface area contributed by atoms with Crippen molar-refractivity contribution in [2.24, 2.45) is 0 Å². The molecule has 5 aromatic rings. The molecule has 0 atom stereocenters. The monoisotopic (exact) mass is 554 g/mol. The molecule has 0 saturated heterocycles. The number of carbonyl (C=O) groups is 1. The highest BCUT2D eigenvalue weighted by Crippen LogP contribution is 2.39. The van der Waals surface area contributed by atoms with Crippen LogP contribution in [0.15, 0.2) is 65.2 Å². The van der Waals surface area contributed by atoms with Gasteiger partial charge >= 0.3 is 6.16 Å². The fourth-order valence-corrected chi connectivity index (χ4v) is 5.31. The molecule has 0 amide bonds. The van der Waals surface area contributed by atoms with Crippen molar-refractivity contribution < 1.29 is 23.9 Å². The van der Waals surface area contributed by atoms with Crippen LogP contribution in [0.25, 0.3) is 32.5 Å². The van der Waals surface area contributed by atoms with Crippen molar-refractivity contribution in [3.05, 3.63) is 82.0 Å². The summed E-state index contributed by atoms with van der Waals surface area (Å²) in [5.41, 5.74) is 3.91. The van der Waals surface area contributed by atoms with Gasteiger partial charge in [0.1, 0.15) is 23.8 Å². The highest BCUT2D eigenvalue weighted by Gasteiger charge is 2.24. The lowest BCUT2D eigenvalue weighted by atomic mass is 10.0. The summed E-state index contributed by atoms with van der Waals surface area (Å²) in [6.45, 7) is 4.27. The van der Waals surface area contributed by atoms with E-state index in [1.165, 1.54) is 11.5 Å². The fourth-order valence-electron chi connectivity index (χ4n) is 3.98. The summed E-state index contributed by atoms with van der Waals surface area (Å²) in [6.07, 6.45) is -1.39. The standard InChI is InChI=1S/C27H20Cl2N2O5S/c1-14(2)25-19(24(30-36-25)23-20(28)4-3-5-21(23)29)13-34-17-9-6-15(7-10-17)16-8-11-18-22(12-16)37-31-26(18)35-27(32)33/h3-12,14H,13H2,1-2H3,(H,32,33). The maximum absolute atomic E-state index is 10.8. The van der Waals surface area contributed by atoms with Crippen molar-refractivity contribution in [1.82, 2.24) is 9.53 Å². The number of ether oxygens (including phenoxy) is 2. The molecular formula is C27H20Cl2N2O5S. The zero-order valence-corrected chi connectivity index (χ0v) is 22.0. The molecular weight excluding hydrogens is 535 g/mol. The Hall–Kier alpha value is -3.59. The summed E-state index contributed by atoms with van der Waals surface area (Å²) in [6, 6.07) is 18.6. The summed E-state index contributed by atoms with van der Waals surface area (Å²) in [5, 5.41) is 14.8. The lowest BCUT2D eigenvalue weighted by molar-refractivity contribution is 0.143. The summed E-state index contributed by atoms with van der Waals surface area (Å²) >= 11 is 14.1. The third-order valence-corrected chi connectivity index (χ3v) is 7.16. The third kappa shape index (κ3) is 5.13. The number of aromatic nitrogens is 2. The van der Waals surface area contributed by atoms with Crippen molar-refractivity contribution >= 4 is 51.0 Å². The minimum atomic E-state index is -1.39. The van der Waals surface area contributed by atoms with Crippen molar-refractivity contribution in [1.29, 1.82) is 0 Å². The van der Waals surface area contributed by atoms with Gasteiger partial charge in [-0.05, 0) is 59.1 Å². The number of hydrogen-bond acceptors (Lipinski definition) is 7. The maximum Gasteiger partial charge on any atom is 0.512 e. The Bertz CT molecular complexity index is 1570. The van der Waals surface area contributed by atoms with Gasteiger partial charge in [0.2, 0.25) is 5.88 Å². The Morgan fingerprint density at radius 2 is 1.76 bits per heavy atom. The molecule has 10 heteroatoms. The highest BCUT2D eigenvalue weighted by molar-refractivity contribution is 7.13. The average molecular weight is 555 g/mol. The van der Waals surface area contributed by atoms with E-state index in [4.69, 9.17) is 42.3 Å². The van der Waals surface area contributed by atoms with Gasteiger partial charge in [0, 0.05) is 11.5 Å². The molecule has 0 bridgehead atoms. The summed E-state index contributed by atoms with van der Waals surface area (Å²) in [7, 11) is 0. The van der Waals surface area contributed by atoms with Gasteiger partial charge in [-0.15, -0.1) is 0 Å². The Balaban J connectivity index is 1.37. The van der Waals surface area contributed by atoms with Crippen molar-refractivity contribution in [2.75, 3.05) is 0 Å². The predicted octanol–water partition coefficient (Wildman–Crippen LogP) is 8.68. The van der Waals surface area contributed by atoms with E-state index in [0.717, 1.165) is 21.4 Å². The maximum atomic E-state index is 10.8. The molecule has 0 radical (unpaired) electrons. The topological polar surface area (TPSA) is 94.7 Å². The van der Waals surface area contributed by atoms with Crippen LogP contribution in [-0.4, -0.2) is 20.8 Å². The molecule has 7 nitrogen and oxygen atoms in total. The second kappa shape index (κ2) is 10.4. The van der Waals surface area contributed by atoms with E-state index in [1.807, 2.05) is 50.2 Å². The Morgan fingerprint density at radius 1 is 1.05 bits per heavy atom. The lowest BCUT2D eigenvalue weighted by Crippen LogP contribution is -2.02. The van der Waals surface area contributed by atoms with Gasteiger partial charge in [-0.25, -0.2) is 4.79 Å². The van der Waals surface area contributed by atoms with Gasteiger partial charge in [0.25, 0.3) is 0 Å². The zero-order chi connectivity index (χ0) is 26.1. The van der Waals surface area contributed by atoms with Gasteiger partial charge in [-0.1, -0.05) is 66.5 Å². The second-order valence-corrected chi connectivity index (χ2v) is 10.1. The first-order chi connectivity index (χ1) is 17.8. The minimum absolute atomic E-state index is 0.0894. The Kier molecular flexibility index (Phi) is 7.06. The van der Waals surface area contributed by atoms with Crippen LogP contribution in [-0.2, 0) is 6.61 Å². The molecule has 5 rings (SSSR count). The van der Waals surface area contributed by atoms with Crippen molar-refractivity contribution in [2.45, 2.75) is 26.4 Å². The van der Waals surface area contributed by atoms with Crippen LogP contribution in [0, 0.1) is 0 Å². The van der Waals surface area contributed by atoms with Gasteiger partial charge in [-0.3, -0.25) is 0 Å². The van der Waals surface area contributed by atoms with E-state index in [9.17, 15) is 4.79 Å². The van der Waals surface area contributed by atoms with Crippen LogP contribution in [0.2, 0.25) is 10.0 Å². The van der Waals surface area contributed by atoms with Crippen molar-refractivity contribution in [3.63, 3.8) is 0 Å². The molecule has 0 aliphatic heterocycles. The summed E-state index contributed by atoms with van der Waals surface area (Å²) in [5.74, 6) is 1.57. The van der Waals surface area contributed by atoms with E-state index in [-0.39, 0.29) is 18.4 Å². The SMILES string of the molecule is CC(C)c1onc(-c2c(Cl)cccc2Cl)c1COc1ccc(-c2ccc3c(OC(=O)O)nsc3c2)cc1. The molecule has 1 N–H and O–H groups in total. The largest absolute Gasteiger partial charge is 0.512 e. The van der Waals surface area contributed by atoms with Gasteiger partial charge in [0.05, 0.1) is 25.7 Å². The number of carboxylic acid groups (broad SMARTS) is 1. The number of fused-ring (bicyclic) bond motifs is 1. The second-order valence-electron chi connectivity index (χ2n) is 8.51. The van der Waals surface area contributed by atoms with Crippen molar-refractivity contribution in [3.8, 4) is 34.0 Å². The van der Waals surface area contributed by atoms with Crippen LogP contribution in [0.5, 0.6) is 11.6 Å². The molecule has 0 fully saturated rings. The number of rotatable bonds is 7. The smallest absolute Gasteiger partial charge is 0.489 e. The molecule has 188 valence electrons. The lowest BCUT2D eigenvalue weighted by Gasteiger charge is -2.11. The molecule has 2 heterocycles. The Morgan fingerprint density at radius 3 is 2.43 bits per heavy atom. The molecule has 0 unspecified atom stereocenters. The predicted molar refractivity (Wildman–Crippen MR) is 144 cm³/mol. The van der Waals surface area contributed by atoms with E-state index in [2.05, 4.69) is 9.53 Å². The molecule has 0 aliphatic carbocycles. The molecule has 0 aliphatic rings. The van der Waals surface area contributed by atoms with Crippen LogP contribution in [0.4, 0.5) is 4.79 Å². The minimum Gasteiger partial charge on any atom is -0.489 e. The van der Waals surface area contributed by atoms with Crippen LogP contribution < -0.4 is 9.47 Å². The van der Waals surface area contributed by atoms with Gasteiger partial charge < -0.3 is 19.1 Å². The summed E-state index contributed by atoms with van der Waals surface area (Å²) in [4.78, 5) is 10.8. The van der Waals surface area contributed by atoms with Gasteiger partial charge in [0.15, 0.2) is 0 Å². The van der Waals surface area contributed by atoms with Crippen LogP contribution in [0.1, 0.15) is 31.1 Å². The first-order valence-corrected chi connectivity index (χ1v) is 12.8. The van der Waals surface area contributed by atoms with Crippen LogP contribution in [0.3, 0.4) is 0 Å². The van der Waals surface area contributed by atoms with E-state index in [1.54, 1.807) is 24.3 Å². The number of hydrogen-bond donors (Lipinski definition) is 1. The molecule has 0 saturated carbocycles. The third-order valence-electron chi connectivity index (χ3n) is 5.74. The molecule has 0 spiro atoms. The van der Waals surface area contributed by atoms with E-state index < -0.39 is 6.16 Å². The first-order valence-electron chi connectivity index (χ1n) is 11.3.